The molecule has 0 aliphatic carbocycles. The van der Waals surface area contributed by atoms with Gasteiger partial charge in [0, 0.05) is 23.7 Å². The number of carboxylic acids is 1. The molecule has 0 aromatic carbocycles. The summed E-state index contributed by atoms with van der Waals surface area (Å²) in [7, 11) is 1.41. The molecular formula is C13H12N2O3. The van der Waals surface area contributed by atoms with Crippen molar-refractivity contribution >= 4 is 5.97 Å². The van der Waals surface area contributed by atoms with E-state index in [9.17, 15) is 9.90 Å². The van der Waals surface area contributed by atoms with Gasteiger partial charge in [0.15, 0.2) is 0 Å². The second kappa shape index (κ2) is 4.83. The minimum Gasteiger partial charge on any atom is -0.480 e. The van der Waals surface area contributed by atoms with Crippen LogP contribution in [0.15, 0.2) is 30.6 Å². The van der Waals surface area contributed by atoms with Crippen LogP contribution in [0.2, 0.25) is 0 Å². The third-order valence-electron chi connectivity index (χ3n) is 2.51. The predicted molar refractivity (Wildman–Crippen MR) is 65.7 cm³/mol. The number of aromatic nitrogens is 2. The highest BCUT2D eigenvalue weighted by atomic mass is 16.5. The number of carboxylic acid groups (broad SMARTS) is 1. The molecule has 0 spiro atoms. The number of methoxy groups -OCH3 is 1. The number of ether oxygens (including phenoxy) is 1. The first-order valence-electron chi connectivity index (χ1n) is 5.33. The molecule has 5 heteroatoms. The molecule has 2 heterocycles. The van der Waals surface area contributed by atoms with E-state index in [2.05, 4.69) is 9.97 Å². The molecule has 92 valence electrons. The lowest BCUT2D eigenvalue weighted by Crippen LogP contribution is -2.06. The molecule has 0 fully saturated rings. The van der Waals surface area contributed by atoms with E-state index in [1.165, 1.54) is 7.11 Å². The summed E-state index contributed by atoms with van der Waals surface area (Å²) in [5.74, 6) is -0.944. The van der Waals surface area contributed by atoms with E-state index in [4.69, 9.17) is 4.74 Å². The maximum atomic E-state index is 11.4. The number of carbonyl (C=O) groups is 1. The van der Waals surface area contributed by atoms with Crippen LogP contribution < -0.4 is 4.74 Å². The Morgan fingerprint density at radius 2 is 2.00 bits per heavy atom. The Morgan fingerprint density at radius 1 is 1.33 bits per heavy atom. The van der Waals surface area contributed by atoms with Crippen molar-refractivity contribution in [2.75, 3.05) is 7.11 Å². The fourth-order valence-electron chi connectivity index (χ4n) is 1.76. The summed E-state index contributed by atoms with van der Waals surface area (Å²) in [6.45, 7) is 1.79. The molecule has 5 nitrogen and oxygen atoms in total. The summed E-state index contributed by atoms with van der Waals surface area (Å²) in [5, 5.41) is 9.29. The van der Waals surface area contributed by atoms with Crippen molar-refractivity contribution in [3.8, 4) is 17.0 Å². The minimum absolute atomic E-state index is 0.0642. The second-order valence-electron chi connectivity index (χ2n) is 3.74. The van der Waals surface area contributed by atoms with Gasteiger partial charge in [0.25, 0.3) is 0 Å². The van der Waals surface area contributed by atoms with Crippen molar-refractivity contribution in [3.05, 3.63) is 41.9 Å². The molecule has 18 heavy (non-hydrogen) atoms. The van der Waals surface area contributed by atoms with E-state index in [1.54, 1.807) is 37.5 Å². The van der Waals surface area contributed by atoms with Crippen molar-refractivity contribution < 1.29 is 14.6 Å². The zero-order chi connectivity index (χ0) is 13.1. The van der Waals surface area contributed by atoms with Crippen LogP contribution in [-0.2, 0) is 0 Å². The van der Waals surface area contributed by atoms with Crippen molar-refractivity contribution in [1.29, 1.82) is 0 Å². The number of rotatable bonds is 3. The summed E-state index contributed by atoms with van der Waals surface area (Å²) >= 11 is 0. The maximum absolute atomic E-state index is 11.4. The summed E-state index contributed by atoms with van der Waals surface area (Å²) < 4.78 is 5.04. The molecule has 1 N–H and O–H groups in total. The number of hydrogen-bond donors (Lipinski definition) is 1. The molecule has 2 aromatic heterocycles. The SMILES string of the molecule is COc1nc(C)cc(-c2ccncc2)c1C(=O)O. The molecule has 0 aliphatic rings. The zero-order valence-electron chi connectivity index (χ0n) is 10.0. The lowest BCUT2D eigenvalue weighted by atomic mass is 10.0. The van der Waals surface area contributed by atoms with Crippen LogP contribution in [0.25, 0.3) is 11.1 Å². The van der Waals surface area contributed by atoms with Crippen molar-refractivity contribution in [2.45, 2.75) is 6.92 Å². The van der Waals surface area contributed by atoms with Gasteiger partial charge in [-0.05, 0) is 30.7 Å². The first-order chi connectivity index (χ1) is 8.63. The largest absolute Gasteiger partial charge is 0.480 e. The fourth-order valence-corrected chi connectivity index (χ4v) is 1.76. The Hall–Kier alpha value is -2.43. The number of pyridine rings is 2. The Labute approximate surface area is 104 Å². The van der Waals surface area contributed by atoms with Gasteiger partial charge in [-0.15, -0.1) is 0 Å². The van der Waals surface area contributed by atoms with Gasteiger partial charge < -0.3 is 9.84 Å². The zero-order valence-corrected chi connectivity index (χ0v) is 10.0. The summed E-state index contributed by atoms with van der Waals surface area (Å²) in [5.41, 5.74) is 2.11. The highest BCUT2D eigenvalue weighted by molar-refractivity contribution is 5.98. The molecule has 0 radical (unpaired) electrons. The van der Waals surface area contributed by atoms with Gasteiger partial charge in [-0.25, -0.2) is 9.78 Å². The normalized spacial score (nSPS) is 10.1. The molecule has 0 atom stereocenters. The lowest BCUT2D eigenvalue weighted by Gasteiger charge is -2.11. The van der Waals surface area contributed by atoms with Gasteiger partial charge in [-0.2, -0.15) is 0 Å². The minimum atomic E-state index is -1.06. The van der Waals surface area contributed by atoms with Gasteiger partial charge >= 0.3 is 5.97 Å². The van der Waals surface area contributed by atoms with Crippen LogP contribution in [0.4, 0.5) is 0 Å². The number of aryl methyl sites for hydroxylation is 1. The summed E-state index contributed by atoms with van der Waals surface area (Å²) in [6.07, 6.45) is 3.23. The third-order valence-corrected chi connectivity index (χ3v) is 2.51. The van der Waals surface area contributed by atoms with Crippen molar-refractivity contribution in [1.82, 2.24) is 9.97 Å². The van der Waals surface area contributed by atoms with E-state index in [0.29, 0.717) is 11.3 Å². The van der Waals surface area contributed by atoms with Gasteiger partial charge in [-0.3, -0.25) is 4.98 Å². The number of aromatic carboxylic acids is 1. The van der Waals surface area contributed by atoms with Gasteiger partial charge in [0.2, 0.25) is 5.88 Å². The van der Waals surface area contributed by atoms with E-state index in [-0.39, 0.29) is 11.4 Å². The van der Waals surface area contributed by atoms with Crippen LogP contribution in [0.1, 0.15) is 16.1 Å². The van der Waals surface area contributed by atoms with Gasteiger partial charge in [-0.1, -0.05) is 0 Å². The number of nitrogens with zero attached hydrogens (tertiary/aromatic N) is 2. The number of hydrogen-bond acceptors (Lipinski definition) is 4. The van der Waals surface area contributed by atoms with E-state index in [1.807, 2.05) is 0 Å². The average molecular weight is 244 g/mol. The Morgan fingerprint density at radius 3 is 2.56 bits per heavy atom. The predicted octanol–water partition coefficient (Wildman–Crippen LogP) is 2.16. The average Bonchev–Trinajstić information content (AvgIpc) is 2.38. The Bertz CT molecular complexity index is 582. The first kappa shape index (κ1) is 12.0. The van der Waals surface area contributed by atoms with Crippen LogP contribution >= 0.6 is 0 Å². The standard InChI is InChI=1S/C13H12N2O3/c1-8-7-10(9-3-5-14-6-4-9)11(13(16)17)12(15-8)18-2/h3-7H,1-2H3,(H,16,17). The molecule has 0 bridgehead atoms. The molecular weight excluding hydrogens is 232 g/mol. The highest BCUT2D eigenvalue weighted by Crippen LogP contribution is 2.29. The third kappa shape index (κ3) is 2.15. The molecule has 0 amide bonds. The van der Waals surface area contributed by atoms with Crippen molar-refractivity contribution in [2.24, 2.45) is 0 Å². The Balaban J connectivity index is 2.73. The maximum Gasteiger partial charge on any atom is 0.341 e. The van der Waals surface area contributed by atoms with Crippen LogP contribution in [-0.4, -0.2) is 28.2 Å². The van der Waals surface area contributed by atoms with E-state index >= 15 is 0 Å². The molecule has 2 rings (SSSR count). The summed E-state index contributed by atoms with van der Waals surface area (Å²) in [4.78, 5) is 19.3. The molecule has 0 aliphatic heterocycles. The fraction of sp³-hybridized carbons (Fsp3) is 0.154. The molecule has 0 saturated carbocycles. The van der Waals surface area contributed by atoms with Gasteiger partial charge in [0.05, 0.1) is 7.11 Å². The molecule has 0 unspecified atom stereocenters. The Kier molecular flexibility index (Phi) is 3.23. The molecule has 0 saturated heterocycles. The smallest absolute Gasteiger partial charge is 0.341 e. The van der Waals surface area contributed by atoms with Crippen LogP contribution in [0, 0.1) is 6.92 Å². The monoisotopic (exact) mass is 244 g/mol. The van der Waals surface area contributed by atoms with E-state index < -0.39 is 5.97 Å². The van der Waals surface area contributed by atoms with Gasteiger partial charge in [0.1, 0.15) is 5.56 Å². The molecule has 2 aromatic rings. The van der Waals surface area contributed by atoms with Crippen LogP contribution in [0.3, 0.4) is 0 Å². The first-order valence-corrected chi connectivity index (χ1v) is 5.33. The highest BCUT2D eigenvalue weighted by Gasteiger charge is 2.19. The lowest BCUT2D eigenvalue weighted by molar-refractivity contribution is 0.0693. The topological polar surface area (TPSA) is 72.3 Å². The van der Waals surface area contributed by atoms with Crippen molar-refractivity contribution in [3.63, 3.8) is 0 Å². The summed E-state index contributed by atoms with van der Waals surface area (Å²) in [6, 6.07) is 5.22. The second-order valence-corrected chi connectivity index (χ2v) is 3.74. The quantitative estimate of drug-likeness (QED) is 0.895. The van der Waals surface area contributed by atoms with E-state index in [0.717, 1.165) is 5.56 Å². The van der Waals surface area contributed by atoms with Crippen LogP contribution in [0.5, 0.6) is 5.88 Å².